The van der Waals surface area contributed by atoms with Crippen LogP contribution in [0, 0.1) is 11.2 Å². The molecule has 0 fully saturated rings. The average molecular weight is 286 g/mol. The van der Waals surface area contributed by atoms with Crippen molar-refractivity contribution in [1.82, 2.24) is 5.32 Å². The van der Waals surface area contributed by atoms with Gasteiger partial charge in [-0.05, 0) is 42.4 Å². The van der Waals surface area contributed by atoms with Crippen LogP contribution in [0.25, 0.3) is 0 Å². The molecule has 0 saturated carbocycles. The van der Waals surface area contributed by atoms with Crippen molar-refractivity contribution in [1.29, 1.82) is 0 Å². The molecule has 0 aromatic heterocycles. The largest absolute Gasteiger partial charge is 0.314 e. The monoisotopic (exact) mass is 285 g/mol. The summed E-state index contributed by atoms with van der Waals surface area (Å²) in [5, 5.41) is 4.06. The van der Waals surface area contributed by atoms with Gasteiger partial charge in [0.15, 0.2) is 0 Å². The highest BCUT2D eigenvalue weighted by molar-refractivity contribution is 6.31. The van der Waals surface area contributed by atoms with Gasteiger partial charge in [0.1, 0.15) is 5.82 Å². The van der Waals surface area contributed by atoms with Gasteiger partial charge < -0.3 is 5.32 Å². The van der Waals surface area contributed by atoms with E-state index in [1.54, 1.807) is 0 Å². The Morgan fingerprint density at radius 1 is 1.26 bits per heavy atom. The lowest BCUT2D eigenvalue weighted by Crippen LogP contribution is -2.38. The molecule has 1 nitrogen and oxygen atoms in total. The maximum Gasteiger partial charge on any atom is 0.124 e. The summed E-state index contributed by atoms with van der Waals surface area (Å²) < 4.78 is 13.1. The summed E-state index contributed by atoms with van der Waals surface area (Å²) in [5.74, 6) is -0.271. The lowest BCUT2D eigenvalue weighted by Gasteiger charge is -2.33. The molecule has 0 aliphatic heterocycles. The summed E-state index contributed by atoms with van der Waals surface area (Å²) in [6, 6.07) is 5.18. The summed E-state index contributed by atoms with van der Waals surface area (Å²) >= 11 is 6.15. The Morgan fingerprint density at radius 3 is 2.37 bits per heavy atom. The second-order valence-electron chi connectivity index (χ2n) is 5.66. The van der Waals surface area contributed by atoms with Crippen LogP contribution < -0.4 is 5.32 Å². The lowest BCUT2D eigenvalue weighted by atomic mass is 9.76. The van der Waals surface area contributed by atoms with Gasteiger partial charge in [-0.2, -0.15) is 0 Å². The molecule has 1 N–H and O–H groups in total. The molecule has 3 heteroatoms. The fourth-order valence-electron chi connectivity index (χ4n) is 2.30. The molecule has 1 aromatic carbocycles. The van der Waals surface area contributed by atoms with Crippen molar-refractivity contribution in [2.24, 2.45) is 5.41 Å². The van der Waals surface area contributed by atoms with E-state index in [0.29, 0.717) is 11.1 Å². The molecular formula is C16H25ClFN. The molecule has 0 spiro atoms. The van der Waals surface area contributed by atoms with Crippen LogP contribution in [-0.2, 0) is 6.42 Å². The standard InChI is InChI=1S/C16H25ClFN/c1-5-16(6-2,11-19-12(3)4)10-13-7-8-14(18)9-15(13)17/h7-9,12,19H,5-6,10-11H2,1-4H3. The van der Waals surface area contributed by atoms with E-state index in [1.807, 2.05) is 6.07 Å². The van der Waals surface area contributed by atoms with E-state index < -0.39 is 0 Å². The zero-order valence-electron chi connectivity index (χ0n) is 12.4. The first-order chi connectivity index (χ1) is 8.92. The van der Waals surface area contributed by atoms with E-state index >= 15 is 0 Å². The van der Waals surface area contributed by atoms with Crippen molar-refractivity contribution in [3.63, 3.8) is 0 Å². The van der Waals surface area contributed by atoms with E-state index in [4.69, 9.17) is 11.6 Å². The summed E-state index contributed by atoms with van der Waals surface area (Å²) in [7, 11) is 0. The number of hydrogen-bond donors (Lipinski definition) is 1. The zero-order valence-corrected chi connectivity index (χ0v) is 13.1. The minimum absolute atomic E-state index is 0.186. The van der Waals surface area contributed by atoms with Crippen molar-refractivity contribution in [3.8, 4) is 0 Å². The Kier molecular flexibility index (Phi) is 6.28. The molecule has 0 unspecified atom stereocenters. The van der Waals surface area contributed by atoms with Crippen molar-refractivity contribution < 1.29 is 4.39 Å². The summed E-state index contributed by atoms with van der Waals surface area (Å²) in [5.41, 5.74) is 1.23. The first-order valence-electron chi connectivity index (χ1n) is 7.09. The number of nitrogens with one attached hydrogen (secondary N) is 1. The lowest BCUT2D eigenvalue weighted by molar-refractivity contribution is 0.239. The van der Waals surface area contributed by atoms with Crippen LogP contribution in [0.3, 0.4) is 0 Å². The fourth-order valence-corrected chi connectivity index (χ4v) is 2.54. The summed E-state index contributed by atoms with van der Waals surface area (Å²) in [4.78, 5) is 0. The highest BCUT2D eigenvalue weighted by atomic mass is 35.5. The van der Waals surface area contributed by atoms with Crippen LogP contribution >= 0.6 is 11.6 Å². The van der Waals surface area contributed by atoms with Crippen molar-refractivity contribution in [3.05, 3.63) is 34.6 Å². The SMILES string of the molecule is CCC(CC)(CNC(C)C)Cc1ccc(F)cc1Cl. The minimum atomic E-state index is -0.271. The molecule has 0 radical (unpaired) electrons. The smallest absolute Gasteiger partial charge is 0.124 e. The van der Waals surface area contributed by atoms with Crippen LogP contribution in [0.4, 0.5) is 4.39 Å². The molecule has 0 bridgehead atoms. The van der Waals surface area contributed by atoms with Gasteiger partial charge in [0.2, 0.25) is 0 Å². The normalized spacial score (nSPS) is 12.2. The van der Waals surface area contributed by atoms with Crippen LogP contribution in [0.1, 0.15) is 46.1 Å². The van der Waals surface area contributed by atoms with E-state index in [9.17, 15) is 4.39 Å². The van der Waals surface area contributed by atoms with Crippen molar-refractivity contribution >= 4 is 11.6 Å². The highest BCUT2D eigenvalue weighted by Gasteiger charge is 2.27. The van der Waals surface area contributed by atoms with Crippen LogP contribution in [0.15, 0.2) is 18.2 Å². The van der Waals surface area contributed by atoms with Crippen LogP contribution in [0.5, 0.6) is 0 Å². The van der Waals surface area contributed by atoms with Gasteiger partial charge in [-0.15, -0.1) is 0 Å². The van der Waals surface area contributed by atoms with E-state index in [0.717, 1.165) is 31.4 Å². The van der Waals surface area contributed by atoms with E-state index in [-0.39, 0.29) is 11.2 Å². The Hall–Kier alpha value is -0.600. The van der Waals surface area contributed by atoms with E-state index in [2.05, 4.69) is 33.0 Å². The molecule has 1 rings (SSSR count). The number of hydrogen-bond acceptors (Lipinski definition) is 1. The predicted molar refractivity (Wildman–Crippen MR) is 81.3 cm³/mol. The molecule has 0 amide bonds. The minimum Gasteiger partial charge on any atom is -0.314 e. The van der Waals surface area contributed by atoms with Gasteiger partial charge in [0.25, 0.3) is 0 Å². The van der Waals surface area contributed by atoms with Gasteiger partial charge >= 0.3 is 0 Å². The Bertz CT molecular complexity index is 400. The molecule has 0 aliphatic rings. The Balaban J connectivity index is 2.87. The second kappa shape index (κ2) is 7.25. The number of rotatable bonds is 7. The molecule has 0 heterocycles. The van der Waals surface area contributed by atoms with Gasteiger partial charge in [-0.25, -0.2) is 4.39 Å². The number of halogens is 2. The third-order valence-corrected chi connectivity index (χ3v) is 4.32. The molecule has 0 atom stereocenters. The summed E-state index contributed by atoms with van der Waals surface area (Å²) in [6.07, 6.45) is 3.05. The van der Waals surface area contributed by atoms with Crippen molar-refractivity contribution in [2.75, 3.05) is 6.54 Å². The maximum absolute atomic E-state index is 13.1. The molecule has 108 valence electrons. The summed E-state index contributed by atoms with van der Waals surface area (Å²) in [6.45, 7) is 9.69. The zero-order chi connectivity index (χ0) is 14.5. The fraction of sp³-hybridized carbons (Fsp3) is 0.625. The highest BCUT2D eigenvalue weighted by Crippen LogP contribution is 2.33. The molecule has 1 aromatic rings. The number of benzene rings is 1. The van der Waals surface area contributed by atoms with Gasteiger partial charge in [-0.3, -0.25) is 0 Å². The molecule has 19 heavy (non-hydrogen) atoms. The predicted octanol–water partition coefficient (Wildman–Crippen LogP) is 4.83. The Labute approximate surface area is 121 Å². The molecule has 0 aliphatic carbocycles. The van der Waals surface area contributed by atoms with Gasteiger partial charge in [-0.1, -0.05) is 45.4 Å². The first kappa shape index (κ1) is 16.5. The molecule has 0 saturated heterocycles. The molecular weight excluding hydrogens is 261 g/mol. The second-order valence-corrected chi connectivity index (χ2v) is 6.06. The Morgan fingerprint density at radius 2 is 1.89 bits per heavy atom. The average Bonchev–Trinajstić information content (AvgIpc) is 2.37. The maximum atomic E-state index is 13.1. The third kappa shape index (κ3) is 4.77. The quantitative estimate of drug-likeness (QED) is 0.757. The van der Waals surface area contributed by atoms with Crippen LogP contribution in [0.2, 0.25) is 5.02 Å². The third-order valence-electron chi connectivity index (χ3n) is 3.97. The van der Waals surface area contributed by atoms with Crippen molar-refractivity contribution in [2.45, 2.75) is 53.0 Å². The van der Waals surface area contributed by atoms with Gasteiger partial charge in [0.05, 0.1) is 0 Å². The van der Waals surface area contributed by atoms with Gasteiger partial charge in [0, 0.05) is 17.6 Å². The van der Waals surface area contributed by atoms with E-state index in [1.165, 1.54) is 12.1 Å². The van der Waals surface area contributed by atoms with Crippen LogP contribution in [-0.4, -0.2) is 12.6 Å². The topological polar surface area (TPSA) is 12.0 Å². The first-order valence-corrected chi connectivity index (χ1v) is 7.47.